The van der Waals surface area contributed by atoms with Crippen LogP contribution in [0.4, 0.5) is 8.78 Å². The Morgan fingerprint density at radius 3 is 2.32 bits per heavy atom. The fourth-order valence-corrected chi connectivity index (χ4v) is 2.13. The van der Waals surface area contributed by atoms with E-state index in [4.69, 9.17) is 11.6 Å². The van der Waals surface area contributed by atoms with E-state index < -0.39 is 0 Å². The Morgan fingerprint density at radius 2 is 1.68 bits per heavy atom. The topological polar surface area (TPSA) is 3.24 Å². The summed E-state index contributed by atoms with van der Waals surface area (Å²) in [6, 6.07) is 10.9. The molecule has 0 fully saturated rings. The van der Waals surface area contributed by atoms with Crippen LogP contribution in [0.3, 0.4) is 0 Å². The van der Waals surface area contributed by atoms with E-state index >= 15 is 0 Å². The van der Waals surface area contributed by atoms with Crippen molar-refractivity contribution in [3.05, 3.63) is 70.2 Å². The van der Waals surface area contributed by atoms with Crippen molar-refractivity contribution in [3.8, 4) is 0 Å². The molecule has 2 aromatic rings. The van der Waals surface area contributed by atoms with E-state index in [0.717, 1.165) is 5.56 Å². The predicted molar refractivity (Wildman–Crippen MR) is 73.0 cm³/mol. The Balaban J connectivity index is 2.05. The van der Waals surface area contributed by atoms with Gasteiger partial charge in [0, 0.05) is 23.7 Å². The van der Waals surface area contributed by atoms with E-state index in [1.807, 2.05) is 11.9 Å². The van der Waals surface area contributed by atoms with Crippen LogP contribution in [-0.4, -0.2) is 11.9 Å². The van der Waals surface area contributed by atoms with Crippen LogP contribution in [0.5, 0.6) is 0 Å². The van der Waals surface area contributed by atoms with Crippen LogP contribution in [0.25, 0.3) is 0 Å². The highest BCUT2D eigenvalue weighted by molar-refractivity contribution is 6.31. The predicted octanol–water partition coefficient (Wildman–Crippen LogP) is 4.25. The first-order valence-corrected chi connectivity index (χ1v) is 6.30. The molecule has 0 atom stereocenters. The molecule has 0 amide bonds. The molecule has 0 radical (unpaired) electrons. The van der Waals surface area contributed by atoms with Gasteiger partial charge in [-0.15, -0.1) is 0 Å². The minimum Gasteiger partial charge on any atom is -0.298 e. The van der Waals surface area contributed by atoms with Gasteiger partial charge in [0.2, 0.25) is 0 Å². The second-order valence-electron chi connectivity index (χ2n) is 4.50. The van der Waals surface area contributed by atoms with Gasteiger partial charge in [-0.1, -0.05) is 29.8 Å². The molecule has 2 rings (SSSR count). The molecule has 0 aliphatic rings. The standard InChI is InChI=1S/C15H14ClF2N/c1-19(9-11-5-7-12(17)8-6-11)10-13-14(16)3-2-4-15(13)18/h2-8H,9-10H2,1H3. The van der Waals surface area contributed by atoms with Crippen LogP contribution in [0.15, 0.2) is 42.5 Å². The molecular formula is C15H14ClF2N. The Kier molecular flexibility index (Phi) is 4.51. The first-order chi connectivity index (χ1) is 9.06. The molecule has 4 heteroatoms. The van der Waals surface area contributed by atoms with Gasteiger partial charge in [-0.3, -0.25) is 4.90 Å². The molecule has 100 valence electrons. The molecule has 0 aromatic heterocycles. The second-order valence-corrected chi connectivity index (χ2v) is 4.91. The summed E-state index contributed by atoms with van der Waals surface area (Å²) in [6.45, 7) is 1.01. The van der Waals surface area contributed by atoms with Gasteiger partial charge in [0.15, 0.2) is 0 Å². The molecule has 0 bridgehead atoms. The minimum atomic E-state index is -0.307. The normalized spacial score (nSPS) is 11.0. The Morgan fingerprint density at radius 1 is 1.00 bits per heavy atom. The van der Waals surface area contributed by atoms with Gasteiger partial charge in [0.05, 0.1) is 0 Å². The smallest absolute Gasteiger partial charge is 0.129 e. The van der Waals surface area contributed by atoms with Crippen molar-refractivity contribution in [2.45, 2.75) is 13.1 Å². The van der Waals surface area contributed by atoms with E-state index in [1.54, 1.807) is 24.3 Å². The summed E-state index contributed by atoms with van der Waals surface area (Å²) < 4.78 is 26.4. The summed E-state index contributed by atoms with van der Waals surface area (Å²) >= 11 is 5.98. The second kappa shape index (κ2) is 6.13. The zero-order valence-electron chi connectivity index (χ0n) is 10.5. The van der Waals surface area contributed by atoms with E-state index in [2.05, 4.69) is 0 Å². The van der Waals surface area contributed by atoms with Gasteiger partial charge in [0.1, 0.15) is 11.6 Å². The van der Waals surface area contributed by atoms with Gasteiger partial charge >= 0.3 is 0 Å². The molecule has 0 saturated carbocycles. The van der Waals surface area contributed by atoms with Crippen LogP contribution in [0.2, 0.25) is 5.02 Å². The molecule has 0 aliphatic carbocycles. The van der Waals surface area contributed by atoms with Gasteiger partial charge in [-0.05, 0) is 36.9 Å². The van der Waals surface area contributed by atoms with E-state index in [1.165, 1.54) is 18.2 Å². The molecule has 0 N–H and O–H groups in total. The monoisotopic (exact) mass is 281 g/mol. The van der Waals surface area contributed by atoms with Crippen molar-refractivity contribution in [2.24, 2.45) is 0 Å². The number of benzene rings is 2. The van der Waals surface area contributed by atoms with Crippen molar-refractivity contribution in [1.82, 2.24) is 4.90 Å². The SMILES string of the molecule is CN(Cc1ccc(F)cc1)Cc1c(F)cccc1Cl. The van der Waals surface area contributed by atoms with Crippen LogP contribution < -0.4 is 0 Å². The van der Waals surface area contributed by atoms with Crippen molar-refractivity contribution in [1.29, 1.82) is 0 Å². The summed E-state index contributed by atoms with van der Waals surface area (Å²) in [6.07, 6.45) is 0. The lowest BCUT2D eigenvalue weighted by molar-refractivity contribution is 0.313. The molecule has 2 aromatic carbocycles. The summed E-state index contributed by atoms with van der Waals surface area (Å²) in [7, 11) is 1.87. The van der Waals surface area contributed by atoms with Gasteiger partial charge in [0.25, 0.3) is 0 Å². The highest BCUT2D eigenvalue weighted by atomic mass is 35.5. The molecule has 0 saturated heterocycles. The Bertz CT molecular complexity index is 534. The van der Waals surface area contributed by atoms with Gasteiger partial charge in [-0.2, -0.15) is 0 Å². The fourth-order valence-electron chi connectivity index (χ4n) is 1.91. The van der Waals surface area contributed by atoms with E-state index in [0.29, 0.717) is 23.7 Å². The summed E-state index contributed by atoms with van der Waals surface area (Å²) in [5, 5.41) is 0.422. The lowest BCUT2D eigenvalue weighted by Crippen LogP contribution is -2.18. The summed E-state index contributed by atoms with van der Waals surface area (Å²) in [5.74, 6) is -0.568. The first-order valence-electron chi connectivity index (χ1n) is 5.92. The maximum atomic E-state index is 13.6. The van der Waals surface area contributed by atoms with Gasteiger partial charge < -0.3 is 0 Å². The number of halogens is 3. The highest BCUT2D eigenvalue weighted by Gasteiger charge is 2.10. The highest BCUT2D eigenvalue weighted by Crippen LogP contribution is 2.21. The lowest BCUT2D eigenvalue weighted by Gasteiger charge is -2.18. The number of hydrogen-bond acceptors (Lipinski definition) is 1. The fraction of sp³-hybridized carbons (Fsp3) is 0.200. The molecule has 19 heavy (non-hydrogen) atoms. The maximum Gasteiger partial charge on any atom is 0.129 e. The van der Waals surface area contributed by atoms with Crippen molar-refractivity contribution < 1.29 is 8.78 Å². The molecule has 0 heterocycles. The van der Waals surface area contributed by atoms with Crippen LogP contribution >= 0.6 is 11.6 Å². The average Bonchev–Trinajstić information content (AvgIpc) is 2.37. The number of hydrogen-bond donors (Lipinski definition) is 0. The maximum absolute atomic E-state index is 13.6. The van der Waals surface area contributed by atoms with Crippen LogP contribution in [0, 0.1) is 11.6 Å². The van der Waals surface area contributed by atoms with Crippen molar-refractivity contribution in [3.63, 3.8) is 0 Å². The number of nitrogens with zero attached hydrogens (tertiary/aromatic N) is 1. The molecule has 1 nitrogen and oxygen atoms in total. The van der Waals surface area contributed by atoms with Crippen LogP contribution in [-0.2, 0) is 13.1 Å². The van der Waals surface area contributed by atoms with E-state index in [-0.39, 0.29) is 11.6 Å². The molecular weight excluding hydrogens is 268 g/mol. The number of rotatable bonds is 4. The lowest BCUT2D eigenvalue weighted by atomic mass is 10.1. The Hall–Kier alpha value is -1.45. The van der Waals surface area contributed by atoms with Crippen LogP contribution in [0.1, 0.15) is 11.1 Å². The third kappa shape index (κ3) is 3.75. The van der Waals surface area contributed by atoms with E-state index in [9.17, 15) is 8.78 Å². The third-order valence-electron chi connectivity index (χ3n) is 2.86. The van der Waals surface area contributed by atoms with Gasteiger partial charge in [-0.25, -0.2) is 8.78 Å². The molecule has 0 aliphatic heterocycles. The zero-order valence-corrected chi connectivity index (χ0v) is 11.3. The zero-order chi connectivity index (χ0) is 13.8. The quantitative estimate of drug-likeness (QED) is 0.810. The Labute approximate surface area is 116 Å². The van der Waals surface area contributed by atoms with Crippen molar-refractivity contribution >= 4 is 11.6 Å². The minimum absolute atomic E-state index is 0.261. The van der Waals surface area contributed by atoms with Crippen molar-refractivity contribution in [2.75, 3.05) is 7.05 Å². The first kappa shape index (κ1) is 14.0. The average molecular weight is 282 g/mol. The third-order valence-corrected chi connectivity index (χ3v) is 3.21. The molecule has 0 spiro atoms. The largest absolute Gasteiger partial charge is 0.298 e. The summed E-state index contributed by atoms with van der Waals surface area (Å²) in [5.41, 5.74) is 1.45. The molecule has 0 unspecified atom stereocenters. The summed E-state index contributed by atoms with van der Waals surface area (Å²) in [4.78, 5) is 1.93.